The number of carboxylic acid groups (broad SMARTS) is 3. The quantitative estimate of drug-likeness (QED) is 0.103. The Morgan fingerprint density at radius 1 is 0.788 bits per heavy atom. The lowest BCUT2D eigenvalue weighted by molar-refractivity contribution is -0.142. The van der Waals surface area contributed by atoms with E-state index in [0.29, 0.717) is 12.2 Å². The number of nitrogens with two attached hydrogens (primary N) is 1. The topological polar surface area (TPSA) is 225 Å². The third kappa shape index (κ3) is 12.9. The zero-order valence-corrected chi connectivity index (χ0v) is 19.7. The number of aliphatic carboxylic acids is 3. The molecule has 4 atom stereocenters. The largest absolute Gasteiger partial charge is 0.481 e. The van der Waals surface area contributed by atoms with Gasteiger partial charge in [-0.1, -0.05) is 0 Å². The fourth-order valence-electron chi connectivity index (χ4n) is 2.46. The highest BCUT2D eigenvalue weighted by Gasteiger charge is 2.30. The fourth-order valence-corrected chi connectivity index (χ4v) is 3.20. The van der Waals surface area contributed by atoms with Crippen LogP contribution in [0.5, 0.6) is 0 Å². The Hall–Kier alpha value is -2.52. The van der Waals surface area contributed by atoms with Crippen molar-refractivity contribution in [2.45, 2.75) is 56.3 Å². The second-order valence-electron chi connectivity index (χ2n) is 6.96. The van der Waals surface area contributed by atoms with E-state index >= 15 is 0 Å². The Kier molecular flexibility index (Phi) is 14.9. The van der Waals surface area contributed by atoms with Gasteiger partial charge in [-0.2, -0.15) is 24.4 Å². The molecule has 0 rings (SSSR count). The van der Waals surface area contributed by atoms with Crippen molar-refractivity contribution in [1.29, 1.82) is 0 Å². The molecule has 0 aliphatic heterocycles. The summed E-state index contributed by atoms with van der Waals surface area (Å²) in [7, 11) is 0. The van der Waals surface area contributed by atoms with Gasteiger partial charge >= 0.3 is 17.9 Å². The second kappa shape index (κ2) is 16.1. The molecule has 0 saturated carbocycles. The van der Waals surface area contributed by atoms with E-state index < -0.39 is 72.6 Å². The average molecular weight is 511 g/mol. The van der Waals surface area contributed by atoms with Gasteiger partial charge in [-0.15, -0.1) is 0 Å². The van der Waals surface area contributed by atoms with Crippen molar-refractivity contribution in [2.24, 2.45) is 5.73 Å². The first-order valence-electron chi connectivity index (χ1n) is 9.85. The number of hydrogen-bond acceptors (Lipinski definition) is 9. The highest BCUT2D eigenvalue weighted by Crippen LogP contribution is 2.06. The summed E-state index contributed by atoms with van der Waals surface area (Å²) in [6.45, 7) is 0. The summed E-state index contributed by atoms with van der Waals surface area (Å²) in [5, 5.41) is 33.7. The second-order valence-corrected chi connectivity index (χ2v) is 8.31. The summed E-state index contributed by atoms with van der Waals surface area (Å²) < 4.78 is 0. The van der Waals surface area contributed by atoms with E-state index in [1.807, 2.05) is 6.26 Å². The smallest absolute Gasteiger partial charge is 0.327 e. The molecule has 188 valence electrons. The molecular formula is C18H30N4O9S2. The zero-order valence-electron chi connectivity index (χ0n) is 18.0. The summed E-state index contributed by atoms with van der Waals surface area (Å²) in [4.78, 5) is 70.5. The number of rotatable bonds is 17. The van der Waals surface area contributed by atoms with Crippen LogP contribution in [-0.4, -0.2) is 92.9 Å². The van der Waals surface area contributed by atoms with E-state index in [1.165, 1.54) is 11.8 Å². The van der Waals surface area contributed by atoms with Gasteiger partial charge < -0.3 is 37.0 Å². The molecule has 0 radical (unpaired) electrons. The maximum Gasteiger partial charge on any atom is 0.327 e. The lowest BCUT2D eigenvalue weighted by Gasteiger charge is -2.24. The predicted molar refractivity (Wildman–Crippen MR) is 122 cm³/mol. The number of thioether (sulfide) groups is 1. The molecule has 0 spiro atoms. The molecule has 0 saturated heterocycles. The van der Waals surface area contributed by atoms with Gasteiger partial charge in [-0.3, -0.25) is 24.0 Å². The summed E-state index contributed by atoms with van der Waals surface area (Å²) in [6, 6.07) is -5.16. The summed E-state index contributed by atoms with van der Waals surface area (Å²) >= 11 is 5.28. The van der Waals surface area contributed by atoms with Crippen molar-refractivity contribution in [3.63, 3.8) is 0 Å². The van der Waals surface area contributed by atoms with Crippen LogP contribution >= 0.6 is 24.4 Å². The molecule has 33 heavy (non-hydrogen) atoms. The van der Waals surface area contributed by atoms with Crippen molar-refractivity contribution < 1.29 is 44.1 Å². The van der Waals surface area contributed by atoms with E-state index in [2.05, 4.69) is 28.6 Å². The van der Waals surface area contributed by atoms with Gasteiger partial charge in [0.25, 0.3) is 0 Å². The van der Waals surface area contributed by atoms with Crippen LogP contribution in [0.2, 0.25) is 0 Å². The number of amides is 3. The first-order chi connectivity index (χ1) is 15.4. The van der Waals surface area contributed by atoms with Gasteiger partial charge in [0.15, 0.2) is 0 Å². The van der Waals surface area contributed by atoms with Crippen molar-refractivity contribution in [3.8, 4) is 0 Å². The molecule has 0 bridgehead atoms. The summed E-state index contributed by atoms with van der Waals surface area (Å²) in [5.74, 6) is -6.15. The highest BCUT2D eigenvalue weighted by atomic mass is 32.2. The Labute approximate surface area is 200 Å². The van der Waals surface area contributed by atoms with Gasteiger partial charge in [0.05, 0.1) is 6.04 Å². The standard InChI is InChI=1S/C18H30N4O9S2/c1-33-7-6-9(19)15(27)20-10(2-4-13(23)24)16(28)21-11(3-5-14(25)26)17(29)22-12(8-32)18(30)31/h9-12,32H,2-8,19H2,1H3,(H,20,27)(H,21,28)(H,22,29)(H,23,24)(H,25,26)(H,30,31)/t9-,10-,11-,12-/m0/s1. The van der Waals surface area contributed by atoms with Crippen LogP contribution in [0.3, 0.4) is 0 Å². The van der Waals surface area contributed by atoms with Crippen molar-refractivity contribution in [2.75, 3.05) is 17.8 Å². The van der Waals surface area contributed by atoms with Crippen LogP contribution in [0.25, 0.3) is 0 Å². The van der Waals surface area contributed by atoms with E-state index in [4.69, 9.17) is 21.1 Å². The lowest BCUT2D eigenvalue weighted by Crippen LogP contribution is -2.57. The third-order valence-electron chi connectivity index (χ3n) is 4.33. The maximum atomic E-state index is 12.8. The van der Waals surface area contributed by atoms with Gasteiger partial charge in [0, 0.05) is 18.6 Å². The molecule has 0 unspecified atom stereocenters. The van der Waals surface area contributed by atoms with E-state index in [-0.39, 0.29) is 18.6 Å². The van der Waals surface area contributed by atoms with E-state index in [9.17, 15) is 28.8 Å². The van der Waals surface area contributed by atoms with Gasteiger partial charge in [-0.25, -0.2) is 4.79 Å². The number of thiol groups is 1. The number of nitrogens with one attached hydrogen (secondary N) is 3. The molecule has 0 aromatic carbocycles. The van der Waals surface area contributed by atoms with Gasteiger partial charge in [0.2, 0.25) is 17.7 Å². The first-order valence-corrected chi connectivity index (χ1v) is 11.9. The first kappa shape index (κ1) is 30.5. The molecule has 0 aliphatic rings. The Balaban J connectivity index is 5.49. The number of carbonyl (C=O) groups excluding carboxylic acids is 3. The van der Waals surface area contributed by atoms with Crippen LogP contribution < -0.4 is 21.7 Å². The minimum atomic E-state index is -1.45. The van der Waals surface area contributed by atoms with Crippen molar-refractivity contribution in [1.82, 2.24) is 16.0 Å². The third-order valence-corrected chi connectivity index (χ3v) is 5.34. The van der Waals surface area contributed by atoms with Crippen LogP contribution in [0.4, 0.5) is 0 Å². The van der Waals surface area contributed by atoms with Gasteiger partial charge in [-0.05, 0) is 31.3 Å². The predicted octanol–water partition coefficient (Wildman–Crippen LogP) is -1.73. The van der Waals surface area contributed by atoms with E-state index in [0.717, 1.165) is 0 Å². The maximum absolute atomic E-state index is 12.8. The molecule has 0 aromatic heterocycles. The highest BCUT2D eigenvalue weighted by molar-refractivity contribution is 7.98. The van der Waals surface area contributed by atoms with E-state index in [1.54, 1.807) is 0 Å². The Bertz CT molecular complexity index is 723. The molecule has 0 aliphatic carbocycles. The van der Waals surface area contributed by atoms with Crippen molar-refractivity contribution >= 4 is 60.0 Å². The number of hydrogen-bond donors (Lipinski definition) is 8. The molecule has 0 fully saturated rings. The van der Waals surface area contributed by atoms with Crippen LogP contribution in [0, 0.1) is 0 Å². The summed E-state index contributed by atoms with van der Waals surface area (Å²) in [5.41, 5.74) is 5.77. The van der Waals surface area contributed by atoms with Crippen LogP contribution in [0.1, 0.15) is 32.1 Å². The van der Waals surface area contributed by atoms with Crippen molar-refractivity contribution in [3.05, 3.63) is 0 Å². The minimum Gasteiger partial charge on any atom is -0.481 e. The molecule has 15 heteroatoms. The molecule has 3 amide bonds. The number of carbonyl (C=O) groups is 6. The summed E-state index contributed by atoms with van der Waals surface area (Å²) in [6.07, 6.45) is 0.430. The number of carboxylic acids is 3. The normalized spacial score (nSPS) is 14.3. The zero-order chi connectivity index (χ0) is 25.6. The monoisotopic (exact) mass is 510 g/mol. The average Bonchev–Trinajstić information content (AvgIpc) is 2.74. The van der Waals surface area contributed by atoms with Crippen LogP contribution in [0.15, 0.2) is 0 Å². The lowest BCUT2D eigenvalue weighted by atomic mass is 10.1. The SMILES string of the molecule is CSCC[C@H](N)C(=O)N[C@@H](CCC(=O)O)C(=O)N[C@@H](CCC(=O)O)C(=O)N[C@@H](CS)C(=O)O. The van der Waals surface area contributed by atoms with Gasteiger partial charge in [0.1, 0.15) is 18.1 Å². The molecule has 8 N–H and O–H groups in total. The molecule has 0 heterocycles. The fraction of sp³-hybridized carbons (Fsp3) is 0.667. The molecule has 13 nitrogen and oxygen atoms in total. The van der Waals surface area contributed by atoms with Crippen LogP contribution in [-0.2, 0) is 28.8 Å². The Morgan fingerprint density at radius 3 is 1.58 bits per heavy atom. The molecular weight excluding hydrogens is 480 g/mol. The molecule has 0 aromatic rings. The minimum absolute atomic E-state index is 0.258. The Morgan fingerprint density at radius 2 is 1.21 bits per heavy atom.